The van der Waals surface area contributed by atoms with Crippen LogP contribution in [0.5, 0.6) is 0 Å². The molecule has 7 nitrogen and oxygen atoms in total. The molecule has 1 unspecified atom stereocenters. The number of nitrogens with one attached hydrogen (secondary N) is 3. The van der Waals surface area contributed by atoms with Crippen molar-refractivity contribution < 1.29 is 4.79 Å². The van der Waals surface area contributed by atoms with Crippen LogP contribution >= 0.6 is 0 Å². The van der Waals surface area contributed by atoms with Gasteiger partial charge in [0.2, 0.25) is 0 Å². The molecule has 0 aromatic carbocycles. The Labute approximate surface area is 104 Å². The summed E-state index contributed by atoms with van der Waals surface area (Å²) in [5.74, 6) is 5.51. The van der Waals surface area contributed by atoms with Gasteiger partial charge in [-0.05, 0) is 19.1 Å². The second-order valence-corrected chi connectivity index (χ2v) is 3.80. The van der Waals surface area contributed by atoms with E-state index in [9.17, 15) is 4.79 Å². The summed E-state index contributed by atoms with van der Waals surface area (Å²) >= 11 is 0. The molecule has 0 aliphatic carbocycles. The van der Waals surface area contributed by atoms with Crippen molar-refractivity contribution >= 4 is 11.7 Å². The molecule has 0 bridgehead atoms. The second kappa shape index (κ2) is 5.28. The van der Waals surface area contributed by atoms with E-state index in [-0.39, 0.29) is 11.9 Å². The minimum Gasteiger partial charge on any atom is -0.345 e. The second-order valence-electron chi connectivity index (χ2n) is 3.80. The number of pyridine rings is 1. The minimum atomic E-state index is -0.195. The average molecular weight is 246 g/mol. The molecule has 2 rings (SSSR count). The van der Waals surface area contributed by atoms with Gasteiger partial charge >= 0.3 is 0 Å². The molecule has 2 heterocycles. The first-order valence-corrected chi connectivity index (χ1v) is 5.43. The number of anilines is 1. The first-order valence-electron chi connectivity index (χ1n) is 5.43. The van der Waals surface area contributed by atoms with Crippen LogP contribution in [0.25, 0.3) is 0 Å². The highest BCUT2D eigenvalue weighted by molar-refractivity contribution is 5.94. The molecule has 1 amide bonds. The minimum absolute atomic E-state index is 0.122. The van der Waals surface area contributed by atoms with E-state index in [2.05, 4.69) is 25.9 Å². The third kappa shape index (κ3) is 2.64. The maximum atomic E-state index is 11.9. The Morgan fingerprint density at radius 3 is 2.83 bits per heavy atom. The van der Waals surface area contributed by atoms with Gasteiger partial charge in [-0.1, -0.05) is 0 Å². The average Bonchev–Trinajstić information content (AvgIpc) is 2.92. The summed E-state index contributed by atoms with van der Waals surface area (Å²) in [6.07, 6.45) is 4.88. The van der Waals surface area contributed by atoms with Crippen LogP contribution in [0.3, 0.4) is 0 Å². The molecule has 0 saturated carbocycles. The predicted molar refractivity (Wildman–Crippen MR) is 66.5 cm³/mol. The number of hydrogen-bond donors (Lipinski definition) is 4. The molecule has 2 aromatic rings. The van der Waals surface area contributed by atoms with Crippen LogP contribution in [0.2, 0.25) is 0 Å². The molecule has 0 aliphatic rings. The van der Waals surface area contributed by atoms with E-state index in [1.54, 1.807) is 24.5 Å². The molecule has 0 saturated heterocycles. The van der Waals surface area contributed by atoms with Crippen molar-refractivity contribution in [3.05, 3.63) is 41.9 Å². The van der Waals surface area contributed by atoms with Gasteiger partial charge in [0.05, 0.1) is 17.8 Å². The standard InChI is InChI=1S/C11H14N6O/c1-7(9-5-14-15-6-9)16-11(18)8-2-3-10(17-12)13-4-8/h2-7H,12H2,1H3,(H,13,17)(H,14,15)(H,16,18). The van der Waals surface area contributed by atoms with Gasteiger partial charge in [0.15, 0.2) is 0 Å². The Morgan fingerprint density at radius 2 is 2.28 bits per heavy atom. The summed E-state index contributed by atoms with van der Waals surface area (Å²) in [5, 5.41) is 9.38. The molecule has 0 fully saturated rings. The van der Waals surface area contributed by atoms with E-state index >= 15 is 0 Å². The summed E-state index contributed by atoms with van der Waals surface area (Å²) in [6.45, 7) is 1.88. The fourth-order valence-corrected chi connectivity index (χ4v) is 1.47. The Hall–Kier alpha value is -2.41. The lowest BCUT2D eigenvalue weighted by molar-refractivity contribution is 0.0939. The van der Waals surface area contributed by atoms with Gasteiger partial charge in [0.1, 0.15) is 5.82 Å². The zero-order chi connectivity index (χ0) is 13.0. The number of nitrogens with zero attached hydrogens (tertiary/aromatic N) is 2. The molecular weight excluding hydrogens is 232 g/mol. The van der Waals surface area contributed by atoms with Gasteiger partial charge in [-0.2, -0.15) is 5.10 Å². The molecule has 2 aromatic heterocycles. The van der Waals surface area contributed by atoms with E-state index in [1.165, 1.54) is 6.20 Å². The molecule has 0 radical (unpaired) electrons. The Morgan fingerprint density at radius 1 is 1.44 bits per heavy atom. The quantitative estimate of drug-likeness (QED) is 0.466. The number of hydrazine groups is 1. The number of nitrogen functional groups attached to an aromatic ring is 1. The number of nitrogens with two attached hydrogens (primary N) is 1. The number of H-pyrrole nitrogens is 1. The predicted octanol–water partition coefficient (Wildman–Crippen LogP) is 0.581. The summed E-state index contributed by atoms with van der Waals surface area (Å²) in [6, 6.07) is 3.17. The van der Waals surface area contributed by atoms with Crippen molar-refractivity contribution in [1.29, 1.82) is 0 Å². The number of aromatic amines is 1. The summed E-state index contributed by atoms with van der Waals surface area (Å²) in [4.78, 5) is 15.9. The molecule has 0 spiro atoms. The molecule has 1 atom stereocenters. The summed E-state index contributed by atoms with van der Waals surface area (Å²) in [5.41, 5.74) is 3.79. The monoisotopic (exact) mass is 246 g/mol. The highest BCUT2D eigenvalue weighted by Gasteiger charge is 2.12. The highest BCUT2D eigenvalue weighted by atomic mass is 16.1. The number of rotatable bonds is 4. The molecule has 5 N–H and O–H groups in total. The topological polar surface area (TPSA) is 109 Å². The van der Waals surface area contributed by atoms with Crippen molar-refractivity contribution in [2.45, 2.75) is 13.0 Å². The highest BCUT2D eigenvalue weighted by Crippen LogP contribution is 2.11. The lowest BCUT2D eigenvalue weighted by Gasteiger charge is -2.11. The summed E-state index contributed by atoms with van der Waals surface area (Å²) in [7, 11) is 0. The zero-order valence-corrected chi connectivity index (χ0v) is 9.84. The van der Waals surface area contributed by atoms with Crippen molar-refractivity contribution in [1.82, 2.24) is 20.5 Å². The molecule has 18 heavy (non-hydrogen) atoms. The van der Waals surface area contributed by atoms with Crippen LogP contribution in [0.1, 0.15) is 28.9 Å². The SMILES string of the molecule is CC(NC(=O)c1ccc(NN)nc1)c1cn[nH]c1. The van der Waals surface area contributed by atoms with Gasteiger partial charge < -0.3 is 10.7 Å². The summed E-state index contributed by atoms with van der Waals surface area (Å²) < 4.78 is 0. The number of carbonyl (C=O) groups excluding carboxylic acids is 1. The fourth-order valence-electron chi connectivity index (χ4n) is 1.47. The third-order valence-corrected chi connectivity index (χ3v) is 2.54. The first-order chi connectivity index (χ1) is 8.70. The first kappa shape index (κ1) is 12.1. The smallest absolute Gasteiger partial charge is 0.253 e. The fraction of sp³-hybridized carbons (Fsp3) is 0.182. The number of carbonyl (C=O) groups is 1. The van der Waals surface area contributed by atoms with Gasteiger partial charge in [-0.25, -0.2) is 10.8 Å². The zero-order valence-electron chi connectivity index (χ0n) is 9.84. The normalized spacial score (nSPS) is 11.9. The van der Waals surface area contributed by atoms with E-state index in [1.807, 2.05) is 6.92 Å². The third-order valence-electron chi connectivity index (χ3n) is 2.54. The maximum Gasteiger partial charge on any atom is 0.253 e. The largest absolute Gasteiger partial charge is 0.345 e. The lowest BCUT2D eigenvalue weighted by Crippen LogP contribution is -2.26. The van der Waals surface area contributed by atoms with Crippen molar-refractivity contribution in [2.24, 2.45) is 5.84 Å². The lowest BCUT2D eigenvalue weighted by atomic mass is 10.1. The Balaban J connectivity index is 2.03. The van der Waals surface area contributed by atoms with Crippen molar-refractivity contribution in [3.8, 4) is 0 Å². The van der Waals surface area contributed by atoms with Crippen LogP contribution in [0.4, 0.5) is 5.82 Å². The number of aromatic nitrogens is 3. The Kier molecular flexibility index (Phi) is 3.54. The van der Waals surface area contributed by atoms with Crippen LogP contribution in [0.15, 0.2) is 30.7 Å². The van der Waals surface area contributed by atoms with Crippen LogP contribution in [0, 0.1) is 0 Å². The van der Waals surface area contributed by atoms with Crippen LogP contribution in [-0.2, 0) is 0 Å². The van der Waals surface area contributed by atoms with E-state index in [0.717, 1.165) is 5.56 Å². The van der Waals surface area contributed by atoms with E-state index < -0.39 is 0 Å². The maximum absolute atomic E-state index is 11.9. The van der Waals surface area contributed by atoms with Crippen LogP contribution in [-0.4, -0.2) is 21.1 Å². The molecule has 0 aliphatic heterocycles. The van der Waals surface area contributed by atoms with E-state index in [4.69, 9.17) is 5.84 Å². The van der Waals surface area contributed by atoms with Crippen molar-refractivity contribution in [3.63, 3.8) is 0 Å². The van der Waals surface area contributed by atoms with Gasteiger partial charge in [0.25, 0.3) is 5.91 Å². The number of hydrogen-bond acceptors (Lipinski definition) is 5. The van der Waals surface area contributed by atoms with Gasteiger partial charge in [-0.3, -0.25) is 9.89 Å². The molecule has 7 heteroatoms. The van der Waals surface area contributed by atoms with Crippen LogP contribution < -0.4 is 16.6 Å². The van der Waals surface area contributed by atoms with E-state index in [0.29, 0.717) is 11.4 Å². The number of amides is 1. The van der Waals surface area contributed by atoms with Crippen molar-refractivity contribution in [2.75, 3.05) is 5.43 Å². The van der Waals surface area contributed by atoms with Gasteiger partial charge in [-0.15, -0.1) is 0 Å². The molecular formula is C11H14N6O. The Bertz CT molecular complexity index is 507. The van der Waals surface area contributed by atoms with Gasteiger partial charge in [0, 0.05) is 18.0 Å². The molecule has 94 valence electrons.